The van der Waals surface area contributed by atoms with Crippen molar-refractivity contribution in [3.8, 4) is 0 Å². The summed E-state index contributed by atoms with van der Waals surface area (Å²) in [6.07, 6.45) is 3.05. The maximum absolute atomic E-state index is 8.42. The van der Waals surface area contributed by atoms with Crippen molar-refractivity contribution >= 4 is 23.2 Å². The highest BCUT2D eigenvalue weighted by molar-refractivity contribution is 6.22. The molecule has 0 amide bonds. The van der Waals surface area contributed by atoms with Crippen molar-refractivity contribution in [1.29, 1.82) is 0 Å². The summed E-state index contributed by atoms with van der Waals surface area (Å²) in [5.74, 6) is 0. The Morgan fingerprint density at radius 3 is 2.00 bits per heavy atom. The van der Waals surface area contributed by atoms with E-state index in [9.17, 15) is 0 Å². The van der Waals surface area contributed by atoms with Gasteiger partial charge in [-0.2, -0.15) is 0 Å². The van der Waals surface area contributed by atoms with Gasteiger partial charge in [0.25, 0.3) is 0 Å². The van der Waals surface area contributed by atoms with Gasteiger partial charge in [-0.05, 0) is 13.0 Å². The van der Waals surface area contributed by atoms with Crippen LogP contribution in [0.4, 0.5) is 0 Å². The minimum atomic E-state index is -0.906. The van der Waals surface area contributed by atoms with E-state index < -0.39 is 5.56 Å². The number of hydrogen-bond donors (Lipinski definition) is 1. The van der Waals surface area contributed by atoms with E-state index in [1.165, 1.54) is 6.08 Å². The van der Waals surface area contributed by atoms with Gasteiger partial charge in [0.15, 0.2) is 0 Å². The van der Waals surface area contributed by atoms with Crippen molar-refractivity contribution in [2.75, 3.05) is 0 Å². The maximum atomic E-state index is 8.42. The molecule has 0 saturated carbocycles. The molecule has 0 bridgehead atoms. The van der Waals surface area contributed by atoms with Crippen LogP contribution in [0, 0.1) is 0 Å². The zero-order chi connectivity index (χ0) is 6.57. The quantitative estimate of drug-likeness (QED) is 0.475. The lowest BCUT2D eigenvalue weighted by Crippen LogP contribution is -1.90. The molecule has 0 aliphatic heterocycles. The molecule has 0 aromatic rings. The minimum absolute atomic E-state index is 0.0663. The fraction of sp³-hybridized carbons (Fsp3) is 0.600. The summed E-state index contributed by atoms with van der Waals surface area (Å²) in [5, 5.41) is 8.35. The lowest BCUT2D eigenvalue weighted by atomic mass is 10.4. The van der Waals surface area contributed by atoms with E-state index in [0.29, 0.717) is 0 Å². The van der Waals surface area contributed by atoms with Gasteiger partial charge in [-0.15, -0.1) is 11.6 Å². The molecule has 8 heavy (non-hydrogen) atoms. The first-order chi connectivity index (χ1) is 3.63. The van der Waals surface area contributed by atoms with Crippen LogP contribution in [0.15, 0.2) is 12.2 Å². The van der Waals surface area contributed by atoms with Crippen LogP contribution in [0.25, 0.3) is 0 Å². The van der Waals surface area contributed by atoms with Gasteiger partial charge in [0.1, 0.15) is 5.56 Å². The monoisotopic (exact) mass is 154 g/mol. The van der Waals surface area contributed by atoms with E-state index in [1.54, 1.807) is 13.0 Å². The second kappa shape index (κ2) is 4.19. The third-order valence-electron chi connectivity index (χ3n) is 0.535. The van der Waals surface area contributed by atoms with Crippen LogP contribution in [0.3, 0.4) is 0 Å². The summed E-state index contributed by atoms with van der Waals surface area (Å²) in [5.41, 5.74) is -0.906. The summed E-state index contributed by atoms with van der Waals surface area (Å²) in [7, 11) is 0. The predicted octanol–water partition coefficient (Wildman–Crippen LogP) is 1.73. The first-order valence-electron chi connectivity index (χ1n) is 2.27. The fourth-order valence-electron chi connectivity index (χ4n) is 0.245. The first kappa shape index (κ1) is 8.28. The second-order valence-electron chi connectivity index (χ2n) is 1.44. The van der Waals surface area contributed by atoms with Gasteiger partial charge in [0, 0.05) is 5.38 Å². The molecule has 0 saturated heterocycles. The van der Waals surface area contributed by atoms with Crippen LogP contribution in [0.1, 0.15) is 6.92 Å². The standard InChI is InChI=1S/C5H8Cl2O/c1-4(6)2-3-5(7)8/h2-5,8H,1H3/b3-2+. The van der Waals surface area contributed by atoms with Crippen LogP contribution in [-0.4, -0.2) is 16.0 Å². The smallest absolute Gasteiger partial charge is 0.146 e. The molecule has 0 aliphatic carbocycles. The van der Waals surface area contributed by atoms with Gasteiger partial charge >= 0.3 is 0 Å². The number of allylic oxidation sites excluding steroid dienone is 1. The Morgan fingerprint density at radius 2 is 1.88 bits per heavy atom. The molecule has 0 aromatic carbocycles. The summed E-state index contributed by atoms with van der Waals surface area (Å²) >= 11 is 10.6. The highest BCUT2D eigenvalue weighted by Gasteiger charge is 1.89. The number of hydrogen-bond acceptors (Lipinski definition) is 1. The topological polar surface area (TPSA) is 20.2 Å². The average molecular weight is 155 g/mol. The molecular weight excluding hydrogens is 147 g/mol. The SMILES string of the molecule is CC(Cl)/C=C/C(O)Cl. The second-order valence-corrected chi connectivity index (χ2v) is 2.57. The van der Waals surface area contributed by atoms with Crippen molar-refractivity contribution in [3.63, 3.8) is 0 Å². The number of aliphatic hydroxyl groups excluding tert-OH is 1. The minimum Gasteiger partial charge on any atom is -0.374 e. The predicted molar refractivity (Wildman–Crippen MR) is 36.3 cm³/mol. The number of halogens is 2. The molecule has 0 spiro atoms. The van der Waals surface area contributed by atoms with Crippen molar-refractivity contribution in [2.45, 2.75) is 17.9 Å². The van der Waals surface area contributed by atoms with Gasteiger partial charge in [0.05, 0.1) is 0 Å². The Morgan fingerprint density at radius 1 is 1.38 bits per heavy atom. The maximum Gasteiger partial charge on any atom is 0.146 e. The fourth-order valence-corrected chi connectivity index (χ4v) is 0.413. The summed E-state index contributed by atoms with van der Waals surface area (Å²) < 4.78 is 0. The Labute approximate surface area is 58.9 Å². The molecule has 0 radical (unpaired) electrons. The lowest BCUT2D eigenvalue weighted by molar-refractivity contribution is 0.303. The molecule has 2 atom stereocenters. The van der Waals surface area contributed by atoms with E-state index in [2.05, 4.69) is 0 Å². The Bertz CT molecular complexity index is 68.5. The van der Waals surface area contributed by atoms with Gasteiger partial charge in [0.2, 0.25) is 0 Å². The molecule has 3 heteroatoms. The normalized spacial score (nSPS) is 19.0. The summed E-state index contributed by atoms with van der Waals surface area (Å²) in [6.45, 7) is 1.79. The summed E-state index contributed by atoms with van der Waals surface area (Å²) in [4.78, 5) is 0. The molecule has 48 valence electrons. The zero-order valence-electron chi connectivity index (χ0n) is 4.51. The molecule has 2 unspecified atom stereocenters. The molecule has 0 heterocycles. The van der Waals surface area contributed by atoms with Crippen molar-refractivity contribution in [1.82, 2.24) is 0 Å². The van der Waals surface area contributed by atoms with E-state index in [-0.39, 0.29) is 5.38 Å². The highest BCUT2D eigenvalue weighted by Crippen LogP contribution is 1.98. The van der Waals surface area contributed by atoms with E-state index >= 15 is 0 Å². The molecule has 0 rings (SSSR count). The highest BCUT2D eigenvalue weighted by atomic mass is 35.5. The molecule has 1 N–H and O–H groups in total. The third-order valence-corrected chi connectivity index (χ3v) is 0.826. The summed E-state index contributed by atoms with van der Waals surface area (Å²) in [6, 6.07) is 0. The molecule has 0 fully saturated rings. The Hall–Kier alpha value is 0.280. The first-order valence-corrected chi connectivity index (χ1v) is 3.14. The van der Waals surface area contributed by atoms with E-state index in [4.69, 9.17) is 28.3 Å². The van der Waals surface area contributed by atoms with Crippen molar-refractivity contribution < 1.29 is 5.11 Å². The zero-order valence-corrected chi connectivity index (χ0v) is 6.02. The van der Waals surface area contributed by atoms with Crippen LogP contribution >= 0.6 is 23.2 Å². The van der Waals surface area contributed by atoms with Gasteiger partial charge in [-0.25, -0.2) is 0 Å². The number of aliphatic hydroxyl groups is 1. The Kier molecular flexibility index (Phi) is 4.33. The van der Waals surface area contributed by atoms with Gasteiger partial charge < -0.3 is 5.11 Å². The molecule has 0 aromatic heterocycles. The van der Waals surface area contributed by atoms with E-state index in [0.717, 1.165) is 0 Å². The molecule has 0 aliphatic rings. The number of alkyl halides is 2. The van der Waals surface area contributed by atoms with Crippen molar-refractivity contribution in [2.24, 2.45) is 0 Å². The van der Waals surface area contributed by atoms with Crippen LogP contribution in [0.2, 0.25) is 0 Å². The van der Waals surface area contributed by atoms with Gasteiger partial charge in [-0.3, -0.25) is 0 Å². The van der Waals surface area contributed by atoms with Gasteiger partial charge in [-0.1, -0.05) is 17.7 Å². The average Bonchev–Trinajstić information content (AvgIpc) is 1.61. The third kappa shape index (κ3) is 6.28. The largest absolute Gasteiger partial charge is 0.374 e. The number of rotatable bonds is 2. The molecule has 1 nitrogen and oxygen atoms in total. The van der Waals surface area contributed by atoms with Crippen LogP contribution in [-0.2, 0) is 0 Å². The lowest BCUT2D eigenvalue weighted by Gasteiger charge is -1.91. The van der Waals surface area contributed by atoms with E-state index in [1.807, 2.05) is 0 Å². The Balaban J connectivity index is 3.34. The van der Waals surface area contributed by atoms with Crippen molar-refractivity contribution in [3.05, 3.63) is 12.2 Å². The van der Waals surface area contributed by atoms with Crippen LogP contribution in [0.5, 0.6) is 0 Å². The molecular formula is C5H8Cl2O. The van der Waals surface area contributed by atoms with Crippen LogP contribution < -0.4 is 0 Å².